The van der Waals surface area contributed by atoms with E-state index in [2.05, 4.69) is 31.2 Å². The third kappa shape index (κ3) is 3.15. The van der Waals surface area contributed by atoms with Gasteiger partial charge in [-0.25, -0.2) is 0 Å². The molecule has 1 aliphatic heterocycles. The fourth-order valence-corrected chi connectivity index (χ4v) is 2.97. The van der Waals surface area contributed by atoms with Crippen LogP contribution < -0.4 is 10.1 Å². The first-order valence-electron chi connectivity index (χ1n) is 7.65. The van der Waals surface area contributed by atoms with Gasteiger partial charge in [0.1, 0.15) is 0 Å². The van der Waals surface area contributed by atoms with Gasteiger partial charge in [0, 0.05) is 12.5 Å². The van der Waals surface area contributed by atoms with E-state index in [9.17, 15) is 0 Å². The summed E-state index contributed by atoms with van der Waals surface area (Å²) in [6, 6.07) is 0.248. The number of ether oxygens (including phenoxy) is 2. The molecule has 1 N–H and O–H groups in total. The molecule has 3 unspecified atom stereocenters. The van der Waals surface area contributed by atoms with Crippen molar-refractivity contribution >= 4 is 0 Å². The number of aryl methyl sites for hydroxylation is 1. The van der Waals surface area contributed by atoms with Crippen LogP contribution in [0.2, 0.25) is 0 Å². The fourth-order valence-electron chi connectivity index (χ4n) is 2.97. The minimum Gasteiger partial charge on any atom is -0.493 e. The van der Waals surface area contributed by atoms with Gasteiger partial charge in [0.05, 0.1) is 37.8 Å². The van der Waals surface area contributed by atoms with Crippen LogP contribution in [-0.4, -0.2) is 36.1 Å². The first kappa shape index (κ1) is 15.3. The molecular formula is C15H27N3O2. The average Bonchev–Trinajstić information content (AvgIpc) is 3.06. The molecule has 114 valence electrons. The summed E-state index contributed by atoms with van der Waals surface area (Å²) in [5, 5.41) is 8.10. The van der Waals surface area contributed by atoms with Crippen molar-refractivity contribution in [3.8, 4) is 5.75 Å². The number of nitrogens with one attached hydrogen (secondary N) is 1. The van der Waals surface area contributed by atoms with Crippen LogP contribution in [0.4, 0.5) is 0 Å². The Labute approximate surface area is 121 Å². The van der Waals surface area contributed by atoms with E-state index in [0.717, 1.165) is 44.0 Å². The molecule has 5 nitrogen and oxygen atoms in total. The van der Waals surface area contributed by atoms with Crippen LogP contribution in [-0.2, 0) is 11.3 Å². The van der Waals surface area contributed by atoms with Crippen molar-refractivity contribution in [1.82, 2.24) is 15.1 Å². The van der Waals surface area contributed by atoms with Crippen LogP contribution in [0, 0.1) is 5.92 Å². The predicted molar refractivity (Wildman–Crippen MR) is 79.0 cm³/mol. The standard InChI is InChI=1S/C15H27N3O2/c1-5-7-16-14(12-8-11(3)20-10-12)15-13(19-4)9-17-18(15)6-2/h9,11-12,14,16H,5-8,10H2,1-4H3. The maximum Gasteiger partial charge on any atom is 0.161 e. The number of nitrogens with zero attached hydrogens (tertiary/aromatic N) is 2. The molecule has 0 saturated carbocycles. The molecule has 0 aromatic carbocycles. The van der Waals surface area contributed by atoms with Crippen molar-refractivity contribution in [1.29, 1.82) is 0 Å². The Morgan fingerprint density at radius 2 is 2.35 bits per heavy atom. The first-order chi connectivity index (χ1) is 9.71. The van der Waals surface area contributed by atoms with Crippen molar-refractivity contribution in [3.63, 3.8) is 0 Å². The Hall–Kier alpha value is -1.07. The highest BCUT2D eigenvalue weighted by atomic mass is 16.5. The summed E-state index contributed by atoms with van der Waals surface area (Å²) < 4.78 is 13.3. The van der Waals surface area contributed by atoms with Gasteiger partial charge in [-0.05, 0) is 33.2 Å². The summed E-state index contributed by atoms with van der Waals surface area (Å²) >= 11 is 0. The lowest BCUT2D eigenvalue weighted by molar-refractivity contribution is 0.116. The Kier molecular flexibility index (Phi) is 5.43. The second-order valence-electron chi connectivity index (χ2n) is 5.49. The molecule has 1 aliphatic rings. The topological polar surface area (TPSA) is 48.3 Å². The second-order valence-corrected chi connectivity index (χ2v) is 5.49. The molecular weight excluding hydrogens is 254 g/mol. The lowest BCUT2D eigenvalue weighted by atomic mass is 9.93. The van der Waals surface area contributed by atoms with Gasteiger partial charge in [-0.1, -0.05) is 6.92 Å². The maximum atomic E-state index is 5.76. The SMILES string of the molecule is CCCNC(c1c(OC)cnn1CC)C1COC(C)C1. The Bertz CT molecular complexity index is 398. The monoisotopic (exact) mass is 281 g/mol. The van der Waals surface area contributed by atoms with Gasteiger partial charge in [0.2, 0.25) is 0 Å². The lowest BCUT2D eigenvalue weighted by Crippen LogP contribution is -2.31. The van der Waals surface area contributed by atoms with Crippen molar-refractivity contribution in [3.05, 3.63) is 11.9 Å². The molecule has 0 spiro atoms. The molecule has 2 rings (SSSR count). The highest BCUT2D eigenvalue weighted by Crippen LogP contribution is 2.36. The maximum absolute atomic E-state index is 5.76. The van der Waals surface area contributed by atoms with E-state index < -0.39 is 0 Å². The summed E-state index contributed by atoms with van der Waals surface area (Å²) in [6.45, 7) is 9.10. The quantitative estimate of drug-likeness (QED) is 0.833. The molecule has 1 aromatic rings. The van der Waals surface area contributed by atoms with Gasteiger partial charge in [-0.2, -0.15) is 5.10 Å². The normalized spacial score (nSPS) is 24.0. The van der Waals surface area contributed by atoms with Crippen LogP contribution in [0.3, 0.4) is 0 Å². The van der Waals surface area contributed by atoms with E-state index in [4.69, 9.17) is 9.47 Å². The third-order valence-electron chi connectivity index (χ3n) is 3.97. The molecule has 0 radical (unpaired) electrons. The third-order valence-corrected chi connectivity index (χ3v) is 3.97. The van der Waals surface area contributed by atoms with Crippen LogP contribution in [0.25, 0.3) is 0 Å². The van der Waals surface area contributed by atoms with Crippen LogP contribution in [0.5, 0.6) is 5.75 Å². The first-order valence-corrected chi connectivity index (χ1v) is 7.65. The number of aromatic nitrogens is 2. The van der Waals surface area contributed by atoms with Crippen molar-refractivity contribution in [2.24, 2.45) is 5.92 Å². The van der Waals surface area contributed by atoms with E-state index >= 15 is 0 Å². The zero-order valence-electron chi connectivity index (χ0n) is 13.1. The van der Waals surface area contributed by atoms with E-state index in [1.165, 1.54) is 0 Å². The zero-order chi connectivity index (χ0) is 14.5. The molecule has 2 heterocycles. The summed E-state index contributed by atoms with van der Waals surface area (Å²) in [6.07, 6.45) is 4.36. The highest BCUT2D eigenvalue weighted by Gasteiger charge is 2.34. The molecule has 3 atom stereocenters. The molecule has 1 aromatic heterocycles. The lowest BCUT2D eigenvalue weighted by Gasteiger charge is -2.25. The predicted octanol–water partition coefficient (Wildman–Crippen LogP) is 2.38. The van der Waals surface area contributed by atoms with E-state index in [1.807, 2.05) is 10.9 Å². The number of rotatable bonds is 7. The van der Waals surface area contributed by atoms with Gasteiger partial charge < -0.3 is 14.8 Å². The van der Waals surface area contributed by atoms with Crippen molar-refractivity contribution in [2.45, 2.75) is 52.3 Å². The minimum absolute atomic E-state index is 0.248. The molecule has 20 heavy (non-hydrogen) atoms. The Morgan fingerprint density at radius 3 is 2.90 bits per heavy atom. The molecule has 1 fully saturated rings. The molecule has 0 amide bonds. The summed E-state index contributed by atoms with van der Waals surface area (Å²) in [4.78, 5) is 0. The summed E-state index contributed by atoms with van der Waals surface area (Å²) in [7, 11) is 1.71. The van der Waals surface area contributed by atoms with Gasteiger partial charge in [-0.15, -0.1) is 0 Å². The van der Waals surface area contributed by atoms with Crippen LogP contribution >= 0.6 is 0 Å². The zero-order valence-corrected chi connectivity index (χ0v) is 13.1. The number of hydrogen-bond acceptors (Lipinski definition) is 4. The average molecular weight is 281 g/mol. The van der Waals surface area contributed by atoms with E-state index in [0.29, 0.717) is 12.0 Å². The van der Waals surface area contributed by atoms with Gasteiger partial charge in [0.25, 0.3) is 0 Å². The summed E-state index contributed by atoms with van der Waals surface area (Å²) in [5.74, 6) is 1.35. The highest BCUT2D eigenvalue weighted by molar-refractivity contribution is 5.29. The van der Waals surface area contributed by atoms with Crippen molar-refractivity contribution < 1.29 is 9.47 Å². The fraction of sp³-hybridized carbons (Fsp3) is 0.800. The van der Waals surface area contributed by atoms with Gasteiger partial charge in [0.15, 0.2) is 5.75 Å². The smallest absolute Gasteiger partial charge is 0.161 e. The van der Waals surface area contributed by atoms with E-state index in [-0.39, 0.29) is 6.04 Å². The van der Waals surface area contributed by atoms with Crippen molar-refractivity contribution in [2.75, 3.05) is 20.3 Å². The molecule has 1 saturated heterocycles. The Balaban J connectivity index is 2.27. The number of hydrogen-bond donors (Lipinski definition) is 1. The van der Waals surface area contributed by atoms with E-state index in [1.54, 1.807) is 7.11 Å². The van der Waals surface area contributed by atoms with Gasteiger partial charge >= 0.3 is 0 Å². The van der Waals surface area contributed by atoms with Crippen LogP contribution in [0.1, 0.15) is 45.3 Å². The second kappa shape index (κ2) is 7.09. The molecule has 0 bridgehead atoms. The minimum atomic E-state index is 0.248. The van der Waals surface area contributed by atoms with Crippen LogP contribution in [0.15, 0.2) is 6.20 Å². The Morgan fingerprint density at radius 1 is 1.55 bits per heavy atom. The largest absolute Gasteiger partial charge is 0.493 e. The molecule has 0 aliphatic carbocycles. The number of methoxy groups -OCH3 is 1. The summed E-state index contributed by atoms with van der Waals surface area (Å²) in [5.41, 5.74) is 1.16. The van der Waals surface area contributed by atoms with Gasteiger partial charge in [-0.3, -0.25) is 4.68 Å². The molecule has 5 heteroatoms.